The first kappa shape index (κ1) is 14.3. The Bertz CT molecular complexity index is 551. The molecule has 1 aliphatic rings. The summed E-state index contributed by atoms with van der Waals surface area (Å²) in [5, 5.41) is 3.58. The highest BCUT2D eigenvalue weighted by Gasteiger charge is 2.24. The third-order valence-electron chi connectivity index (χ3n) is 2.96. The molecular formula is C12H15ClN2O3S. The van der Waals surface area contributed by atoms with Crippen LogP contribution < -0.4 is 5.32 Å². The van der Waals surface area contributed by atoms with Crippen molar-refractivity contribution in [3.63, 3.8) is 0 Å². The maximum absolute atomic E-state index is 12.1. The van der Waals surface area contributed by atoms with E-state index < -0.39 is 15.6 Å². The molecule has 1 amide bonds. The normalized spacial score (nSPS) is 16.4. The fraction of sp³-hybridized carbons (Fsp3) is 0.417. The number of benzene rings is 1. The van der Waals surface area contributed by atoms with E-state index in [1.54, 1.807) is 4.90 Å². The number of rotatable bonds is 3. The Morgan fingerprint density at radius 3 is 2.37 bits per heavy atom. The molecule has 0 atom stereocenters. The fourth-order valence-electron chi connectivity index (χ4n) is 1.89. The standard InChI is InChI=1S/C12H15ClN2O3S/c13-10-1-3-11(4-2-10)19(17,18)9-12(16)15-7-5-14-6-8-15/h1-4,14H,5-9H2. The summed E-state index contributed by atoms with van der Waals surface area (Å²) in [5.41, 5.74) is 0. The van der Waals surface area contributed by atoms with Crippen molar-refractivity contribution in [2.75, 3.05) is 31.9 Å². The second-order valence-corrected chi connectivity index (χ2v) is 6.77. The van der Waals surface area contributed by atoms with Crippen LogP contribution in [-0.2, 0) is 14.6 Å². The van der Waals surface area contributed by atoms with Crippen molar-refractivity contribution in [3.8, 4) is 0 Å². The van der Waals surface area contributed by atoms with Gasteiger partial charge in [-0.15, -0.1) is 0 Å². The number of sulfone groups is 1. The van der Waals surface area contributed by atoms with Gasteiger partial charge in [-0.05, 0) is 24.3 Å². The number of carbonyl (C=O) groups is 1. The van der Waals surface area contributed by atoms with Crippen LogP contribution in [0.1, 0.15) is 0 Å². The highest BCUT2D eigenvalue weighted by atomic mass is 35.5. The van der Waals surface area contributed by atoms with Crippen molar-refractivity contribution in [2.24, 2.45) is 0 Å². The van der Waals surface area contributed by atoms with E-state index in [-0.39, 0.29) is 10.8 Å². The molecule has 0 aromatic heterocycles. The molecule has 0 bridgehead atoms. The molecule has 1 fully saturated rings. The van der Waals surface area contributed by atoms with Crippen LogP contribution in [0.2, 0.25) is 5.02 Å². The van der Waals surface area contributed by atoms with Crippen LogP contribution in [0.3, 0.4) is 0 Å². The Balaban J connectivity index is 2.08. The van der Waals surface area contributed by atoms with Gasteiger partial charge in [0.15, 0.2) is 9.84 Å². The average molecular weight is 303 g/mol. The van der Waals surface area contributed by atoms with Gasteiger partial charge in [-0.1, -0.05) is 11.6 Å². The average Bonchev–Trinajstić information content (AvgIpc) is 2.40. The predicted octanol–water partition coefficient (Wildman–Crippen LogP) is 0.546. The first-order chi connectivity index (χ1) is 8.99. The van der Waals surface area contributed by atoms with Crippen LogP contribution >= 0.6 is 11.6 Å². The van der Waals surface area contributed by atoms with Crippen LogP contribution in [-0.4, -0.2) is 51.2 Å². The first-order valence-corrected chi connectivity index (χ1v) is 7.99. The van der Waals surface area contributed by atoms with Gasteiger partial charge in [-0.2, -0.15) is 0 Å². The summed E-state index contributed by atoms with van der Waals surface area (Å²) < 4.78 is 24.2. The highest BCUT2D eigenvalue weighted by Crippen LogP contribution is 2.16. The zero-order chi connectivity index (χ0) is 13.9. The molecule has 1 saturated heterocycles. The van der Waals surface area contributed by atoms with Crippen molar-refractivity contribution >= 4 is 27.3 Å². The predicted molar refractivity (Wildman–Crippen MR) is 73.0 cm³/mol. The van der Waals surface area contributed by atoms with E-state index in [0.29, 0.717) is 31.2 Å². The number of carbonyl (C=O) groups excluding carboxylic acids is 1. The number of nitrogens with one attached hydrogen (secondary N) is 1. The second-order valence-electron chi connectivity index (χ2n) is 4.34. The van der Waals surface area contributed by atoms with E-state index in [4.69, 9.17) is 11.6 Å². The lowest BCUT2D eigenvalue weighted by molar-refractivity contribution is -0.128. The van der Waals surface area contributed by atoms with Gasteiger partial charge in [0.2, 0.25) is 5.91 Å². The van der Waals surface area contributed by atoms with Crippen molar-refractivity contribution in [1.82, 2.24) is 10.2 Å². The van der Waals surface area contributed by atoms with Crippen molar-refractivity contribution in [1.29, 1.82) is 0 Å². The molecule has 1 heterocycles. The molecule has 1 N–H and O–H groups in total. The maximum atomic E-state index is 12.1. The Labute approximate surface area is 117 Å². The molecule has 7 heteroatoms. The van der Waals surface area contributed by atoms with Gasteiger partial charge >= 0.3 is 0 Å². The number of amides is 1. The molecule has 0 spiro atoms. The monoisotopic (exact) mass is 302 g/mol. The molecule has 19 heavy (non-hydrogen) atoms. The molecule has 0 unspecified atom stereocenters. The third-order valence-corrected chi connectivity index (χ3v) is 4.83. The Morgan fingerprint density at radius 2 is 1.79 bits per heavy atom. The molecule has 2 rings (SSSR count). The molecule has 0 saturated carbocycles. The summed E-state index contributed by atoms with van der Waals surface area (Å²) in [5.74, 6) is -0.842. The fourth-order valence-corrected chi connectivity index (χ4v) is 3.24. The summed E-state index contributed by atoms with van der Waals surface area (Å²) in [7, 11) is -3.60. The molecule has 0 radical (unpaired) electrons. The summed E-state index contributed by atoms with van der Waals surface area (Å²) in [6, 6.07) is 5.85. The molecular weight excluding hydrogens is 288 g/mol. The SMILES string of the molecule is O=C(CS(=O)(=O)c1ccc(Cl)cc1)N1CCNCC1. The quantitative estimate of drug-likeness (QED) is 0.885. The van der Waals surface area contributed by atoms with Crippen LogP contribution in [0.5, 0.6) is 0 Å². The minimum absolute atomic E-state index is 0.125. The van der Waals surface area contributed by atoms with E-state index in [1.165, 1.54) is 24.3 Å². The minimum Gasteiger partial charge on any atom is -0.339 e. The lowest BCUT2D eigenvalue weighted by Crippen LogP contribution is -2.48. The van der Waals surface area contributed by atoms with E-state index in [2.05, 4.69) is 5.32 Å². The first-order valence-electron chi connectivity index (χ1n) is 5.96. The number of hydrogen-bond donors (Lipinski definition) is 1. The zero-order valence-electron chi connectivity index (χ0n) is 10.3. The van der Waals surface area contributed by atoms with Crippen LogP contribution in [0.4, 0.5) is 0 Å². The molecule has 104 valence electrons. The zero-order valence-corrected chi connectivity index (χ0v) is 11.9. The minimum atomic E-state index is -3.60. The number of nitrogens with zero attached hydrogens (tertiary/aromatic N) is 1. The van der Waals surface area contributed by atoms with E-state index in [0.717, 1.165) is 0 Å². The topological polar surface area (TPSA) is 66.5 Å². The lowest BCUT2D eigenvalue weighted by Gasteiger charge is -2.27. The van der Waals surface area contributed by atoms with Crippen LogP contribution in [0.15, 0.2) is 29.2 Å². The summed E-state index contributed by atoms with van der Waals surface area (Å²) in [6.45, 7) is 2.50. The van der Waals surface area contributed by atoms with Gasteiger partial charge in [0, 0.05) is 31.2 Å². The van der Waals surface area contributed by atoms with Crippen LogP contribution in [0, 0.1) is 0 Å². The Kier molecular flexibility index (Phi) is 4.44. The number of halogens is 1. The Morgan fingerprint density at radius 1 is 1.21 bits per heavy atom. The van der Waals surface area contributed by atoms with E-state index in [1.807, 2.05) is 0 Å². The highest BCUT2D eigenvalue weighted by molar-refractivity contribution is 7.92. The number of piperazine rings is 1. The molecule has 1 aliphatic heterocycles. The second kappa shape index (κ2) is 5.90. The van der Waals surface area contributed by atoms with Gasteiger partial charge in [0.25, 0.3) is 0 Å². The molecule has 1 aromatic carbocycles. The maximum Gasteiger partial charge on any atom is 0.238 e. The van der Waals surface area contributed by atoms with Gasteiger partial charge in [0.1, 0.15) is 5.75 Å². The Hall–Kier alpha value is -1.11. The van der Waals surface area contributed by atoms with Crippen molar-refractivity contribution in [2.45, 2.75) is 4.90 Å². The molecule has 1 aromatic rings. The van der Waals surface area contributed by atoms with E-state index in [9.17, 15) is 13.2 Å². The summed E-state index contributed by atoms with van der Waals surface area (Å²) >= 11 is 5.71. The molecule has 0 aliphatic carbocycles. The van der Waals surface area contributed by atoms with Gasteiger partial charge in [-0.3, -0.25) is 4.79 Å². The van der Waals surface area contributed by atoms with Crippen LogP contribution in [0.25, 0.3) is 0 Å². The van der Waals surface area contributed by atoms with E-state index >= 15 is 0 Å². The summed E-state index contributed by atoms with van der Waals surface area (Å²) in [4.78, 5) is 13.6. The lowest BCUT2D eigenvalue weighted by atomic mass is 10.3. The van der Waals surface area contributed by atoms with Crippen molar-refractivity contribution < 1.29 is 13.2 Å². The number of hydrogen-bond acceptors (Lipinski definition) is 4. The largest absolute Gasteiger partial charge is 0.339 e. The third kappa shape index (κ3) is 3.68. The smallest absolute Gasteiger partial charge is 0.238 e. The van der Waals surface area contributed by atoms with Gasteiger partial charge in [0.05, 0.1) is 4.90 Å². The van der Waals surface area contributed by atoms with Crippen molar-refractivity contribution in [3.05, 3.63) is 29.3 Å². The van der Waals surface area contributed by atoms with Gasteiger partial charge < -0.3 is 10.2 Å². The molecule has 5 nitrogen and oxygen atoms in total. The summed E-state index contributed by atoms with van der Waals surface area (Å²) in [6.07, 6.45) is 0. The van der Waals surface area contributed by atoms with Gasteiger partial charge in [-0.25, -0.2) is 8.42 Å².